The lowest BCUT2D eigenvalue weighted by atomic mass is 10.1. The number of aliphatic hydroxyl groups is 1. The summed E-state index contributed by atoms with van der Waals surface area (Å²) in [4.78, 5) is 12.0. The minimum absolute atomic E-state index is 0.112. The molecule has 6 nitrogen and oxygen atoms in total. The van der Waals surface area contributed by atoms with Gasteiger partial charge in [-0.2, -0.15) is 8.78 Å². The molecule has 10 heteroatoms. The molecule has 0 saturated carbocycles. The van der Waals surface area contributed by atoms with Gasteiger partial charge < -0.3 is 19.5 Å². The highest BCUT2D eigenvalue weighted by molar-refractivity contribution is 7.55. The summed E-state index contributed by atoms with van der Waals surface area (Å²) in [6, 6.07) is 13.2. The number of hydrogen-bond acceptors (Lipinski definition) is 6. The fraction of sp³-hybridized carbons (Fsp3) is 0.286. The molecule has 2 aromatic carbocycles. The van der Waals surface area contributed by atoms with Crippen LogP contribution in [0.25, 0.3) is 10.1 Å². The van der Waals surface area contributed by atoms with Crippen LogP contribution in [0, 0.1) is 0 Å². The Bertz CT molecular complexity index is 1110. The number of anilines is 1. The normalized spacial score (nSPS) is 12.3. The lowest BCUT2D eigenvalue weighted by Gasteiger charge is -2.25. The van der Waals surface area contributed by atoms with Gasteiger partial charge in [0.25, 0.3) is 5.91 Å². The van der Waals surface area contributed by atoms with Crippen LogP contribution in [0.4, 0.5) is 14.5 Å². The van der Waals surface area contributed by atoms with Crippen LogP contribution in [0.2, 0.25) is 0 Å². The number of hydrogen-bond donors (Lipinski definition) is 2. The zero-order valence-electron chi connectivity index (χ0n) is 16.9. The van der Waals surface area contributed by atoms with E-state index < -0.39 is 30.7 Å². The fourth-order valence-corrected chi connectivity index (χ4v) is 6.08. The van der Waals surface area contributed by atoms with E-state index in [4.69, 9.17) is 9.05 Å². The van der Waals surface area contributed by atoms with Gasteiger partial charge in [-0.3, -0.25) is 9.36 Å². The van der Waals surface area contributed by atoms with E-state index in [0.29, 0.717) is 21.7 Å². The molecule has 1 aromatic heterocycles. The van der Waals surface area contributed by atoms with E-state index in [0.717, 1.165) is 0 Å². The predicted octanol–water partition coefficient (Wildman–Crippen LogP) is 5.96. The molecular weight excluding hydrogens is 447 g/mol. The second kappa shape index (κ2) is 9.54. The topological polar surface area (TPSA) is 84.9 Å². The van der Waals surface area contributed by atoms with Crippen LogP contribution in [0.3, 0.4) is 0 Å². The van der Waals surface area contributed by atoms with E-state index in [9.17, 15) is 14.5 Å². The maximum atomic E-state index is 15.3. The number of carbonyl (C=O) groups is 1. The third kappa shape index (κ3) is 4.56. The average molecular weight is 469 g/mol. The van der Waals surface area contributed by atoms with Gasteiger partial charge in [-0.05, 0) is 49.6 Å². The van der Waals surface area contributed by atoms with E-state index in [2.05, 4.69) is 5.32 Å². The summed E-state index contributed by atoms with van der Waals surface area (Å²) in [6.45, 7) is 1.70. The van der Waals surface area contributed by atoms with Gasteiger partial charge in [0.1, 0.15) is 0 Å². The van der Waals surface area contributed by atoms with Gasteiger partial charge in [-0.25, -0.2) is 0 Å². The number of aliphatic hydroxyl groups excluding tert-OH is 1. The maximum Gasteiger partial charge on any atom is 0.405 e. The van der Waals surface area contributed by atoms with Crippen molar-refractivity contribution >= 4 is 40.6 Å². The number of nitrogens with one attached hydrogen (secondary N) is 1. The van der Waals surface area contributed by atoms with Crippen molar-refractivity contribution < 1.29 is 32.3 Å². The standard InChI is InChI=1S/C21H22F2NO5PS/c1-3-28-30(27,29-4-2)21(22,23)19-17(13-25)16-12-14(10-11-18(16)31-19)20(26)24-15-8-6-5-7-9-15/h5-12,25H,3-4,13H2,1-2H3,(H,24,26). The highest BCUT2D eigenvalue weighted by atomic mass is 32.1. The van der Waals surface area contributed by atoms with E-state index in [-0.39, 0.29) is 29.7 Å². The van der Waals surface area contributed by atoms with Crippen LogP contribution >= 0.6 is 18.9 Å². The quantitative estimate of drug-likeness (QED) is 0.378. The van der Waals surface area contributed by atoms with E-state index in [1.165, 1.54) is 32.0 Å². The Kier molecular flexibility index (Phi) is 7.24. The van der Waals surface area contributed by atoms with E-state index >= 15 is 8.78 Å². The second-order valence-corrected chi connectivity index (χ2v) is 9.60. The second-order valence-electron chi connectivity index (χ2n) is 6.47. The summed E-state index contributed by atoms with van der Waals surface area (Å²) in [5, 5.41) is 12.9. The monoisotopic (exact) mass is 469 g/mol. The smallest absolute Gasteiger partial charge is 0.392 e. The first-order valence-corrected chi connectivity index (χ1v) is 11.9. The molecular formula is C21H22F2NO5PS. The van der Waals surface area contributed by atoms with Gasteiger partial charge in [0.15, 0.2) is 0 Å². The molecule has 0 fully saturated rings. The molecule has 0 bridgehead atoms. The Morgan fingerprint density at radius 1 is 1.13 bits per heavy atom. The van der Waals surface area contributed by atoms with Crippen molar-refractivity contribution in [2.75, 3.05) is 18.5 Å². The van der Waals surface area contributed by atoms with Crippen molar-refractivity contribution in [1.29, 1.82) is 0 Å². The van der Waals surface area contributed by atoms with Gasteiger partial charge in [-0.15, -0.1) is 11.3 Å². The van der Waals surface area contributed by atoms with Crippen molar-refractivity contribution in [3.63, 3.8) is 0 Å². The minimum Gasteiger partial charge on any atom is -0.392 e. The summed E-state index contributed by atoms with van der Waals surface area (Å²) in [7, 11) is -4.83. The Hall–Kier alpha value is -2.16. The zero-order valence-corrected chi connectivity index (χ0v) is 18.6. The van der Waals surface area contributed by atoms with Gasteiger partial charge in [-0.1, -0.05) is 18.2 Å². The molecule has 0 radical (unpaired) electrons. The van der Waals surface area contributed by atoms with Crippen molar-refractivity contribution in [3.8, 4) is 0 Å². The molecule has 0 saturated heterocycles. The van der Waals surface area contributed by atoms with Crippen molar-refractivity contribution in [3.05, 3.63) is 64.5 Å². The molecule has 31 heavy (non-hydrogen) atoms. The van der Waals surface area contributed by atoms with Crippen LogP contribution in [-0.4, -0.2) is 24.2 Å². The molecule has 0 aliphatic carbocycles. The summed E-state index contributed by atoms with van der Waals surface area (Å²) >= 11 is 0.684. The molecule has 0 unspecified atom stereocenters. The number of rotatable bonds is 9. The molecule has 0 atom stereocenters. The Labute approximate surface area is 182 Å². The third-order valence-corrected chi connectivity index (χ3v) is 8.00. The van der Waals surface area contributed by atoms with Crippen LogP contribution < -0.4 is 5.32 Å². The number of carbonyl (C=O) groups excluding carboxylic acids is 1. The minimum atomic E-state index is -4.83. The molecule has 1 heterocycles. The van der Waals surface area contributed by atoms with Crippen molar-refractivity contribution in [2.24, 2.45) is 0 Å². The number of amides is 1. The summed E-state index contributed by atoms with van der Waals surface area (Å²) in [6.07, 6.45) is 0. The molecule has 2 N–H and O–H groups in total. The zero-order chi connectivity index (χ0) is 22.6. The lowest BCUT2D eigenvalue weighted by molar-refractivity contribution is 0.0377. The number of benzene rings is 2. The molecule has 166 valence electrons. The fourth-order valence-electron chi connectivity index (χ4n) is 3.08. The van der Waals surface area contributed by atoms with E-state index in [1.54, 1.807) is 24.3 Å². The highest BCUT2D eigenvalue weighted by Gasteiger charge is 2.57. The van der Waals surface area contributed by atoms with Crippen LogP contribution in [-0.2, 0) is 25.9 Å². The highest BCUT2D eigenvalue weighted by Crippen LogP contribution is 2.68. The van der Waals surface area contributed by atoms with Crippen molar-refractivity contribution in [1.82, 2.24) is 0 Å². The maximum absolute atomic E-state index is 15.3. The first-order valence-electron chi connectivity index (χ1n) is 9.57. The molecule has 0 spiro atoms. The number of para-hydroxylation sites is 1. The Morgan fingerprint density at radius 2 is 1.77 bits per heavy atom. The average Bonchev–Trinajstić information content (AvgIpc) is 3.13. The largest absolute Gasteiger partial charge is 0.405 e. The number of alkyl halides is 2. The summed E-state index contributed by atoms with van der Waals surface area (Å²) < 4.78 is 53.6. The molecule has 1 amide bonds. The van der Waals surface area contributed by atoms with Crippen LogP contribution in [0.1, 0.15) is 34.6 Å². The van der Waals surface area contributed by atoms with Crippen molar-refractivity contribution in [2.45, 2.75) is 26.1 Å². The number of halogens is 2. The van der Waals surface area contributed by atoms with Gasteiger partial charge >= 0.3 is 13.3 Å². The summed E-state index contributed by atoms with van der Waals surface area (Å²) in [5.74, 6) is -0.425. The van der Waals surface area contributed by atoms with Gasteiger partial charge in [0.2, 0.25) is 0 Å². The summed E-state index contributed by atoms with van der Waals surface area (Å²) in [5.41, 5.74) is -3.26. The van der Waals surface area contributed by atoms with E-state index in [1.807, 2.05) is 6.07 Å². The molecule has 0 aliphatic heterocycles. The van der Waals surface area contributed by atoms with Gasteiger partial charge in [0, 0.05) is 21.5 Å². The molecule has 3 rings (SSSR count). The number of thiophene rings is 1. The van der Waals surface area contributed by atoms with Crippen LogP contribution in [0.15, 0.2) is 48.5 Å². The van der Waals surface area contributed by atoms with Crippen LogP contribution in [0.5, 0.6) is 0 Å². The lowest BCUT2D eigenvalue weighted by Crippen LogP contribution is -2.18. The SMILES string of the molecule is CCOP(=O)(OCC)C(F)(F)c1sc2ccc(C(=O)Nc3ccccc3)cc2c1CO. The Morgan fingerprint density at radius 3 is 2.35 bits per heavy atom. The predicted molar refractivity (Wildman–Crippen MR) is 117 cm³/mol. The first kappa shape index (κ1) is 23.5. The van der Waals surface area contributed by atoms with Gasteiger partial charge in [0.05, 0.1) is 24.7 Å². The third-order valence-electron chi connectivity index (χ3n) is 4.46. The molecule has 0 aliphatic rings. The molecule has 3 aromatic rings. The first-order chi connectivity index (χ1) is 14.8. The Balaban J connectivity index is 2.05. The number of fused-ring (bicyclic) bond motifs is 1.